The second kappa shape index (κ2) is 9.13. The smallest absolute Gasteiger partial charge is 0.340 e. The zero-order valence-corrected chi connectivity index (χ0v) is 17.0. The first-order valence-electron chi connectivity index (χ1n) is 9.51. The molecule has 1 aromatic heterocycles. The maximum Gasteiger partial charge on any atom is 0.340 e. The van der Waals surface area contributed by atoms with Gasteiger partial charge in [-0.25, -0.2) is 4.79 Å². The van der Waals surface area contributed by atoms with Crippen molar-refractivity contribution in [2.45, 2.75) is 26.9 Å². The molecule has 0 bridgehead atoms. The van der Waals surface area contributed by atoms with Gasteiger partial charge in [0, 0.05) is 16.8 Å². The Morgan fingerprint density at radius 3 is 2.20 bits per heavy atom. The molecule has 0 saturated carbocycles. The van der Waals surface area contributed by atoms with E-state index in [4.69, 9.17) is 4.74 Å². The van der Waals surface area contributed by atoms with Crippen LogP contribution < -0.4 is 5.32 Å². The highest BCUT2D eigenvalue weighted by Crippen LogP contribution is 2.19. The molecule has 1 heterocycles. The number of carbonyl (C=O) groups excluding carboxylic acids is 3. The summed E-state index contributed by atoms with van der Waals surface area (Å²) in [5.74, 6) is -1.14. The zero-order valence-electron chi connectivity index (χ0n) is 17.0. The molecule has 0 fully saturated rings. The molecule has 0 aliphatic carbocycles. The Morgan fingerprint density at radius 2 is 1.60 bits per heavy atom. The van der Waals surface area contributed by atoms with Crippen LogP contribution in [-0.2, 0) is 9.53 Å². The van der Waals surface area contributed by atoms with Gasteiger partial charge in [-0.15, -0.1) is 0 Å². The Hall–Kier alpha value is -3.80. The van der Waals surface area contributed by atoms with Gasteiger partial charge in [-0.1, -0.05) is 30.3 Å². The lowest BCUT2D eigenvalue weighted by molar-refractivity contribution is -0.123. The van der Waals surface area contributed by atoms with Crippen molar-refractivity contribution >= 4 is 23.3 Å². The lowest BCUT2D eigenvalue weighted by Gasteiger charge is -2.15. The molecule has 152 valence electrons. The molecule has 1 atom stereocenters. The van der Waals surface area contributed by atoms with Gasteiger partial charge in [0.25, 0.3) is 5.91 Å². The van der Waals surface area contributed by atoms with Gasteiger partial charge in [0.2, 0.25) is 0 Å². The fourth-order valence-electron chi connectivity index (χ4n) is 2.86. The summed E-state index contributed by atoms with van der Waals surface area (Å²) in [4.78, 5) is 40.7. The van der Waals surface area contributed by atoms with Crippen molar-refractivity contribution in [1.82, 2.24) is 4.98 Å². The molecule has 0 spiro atoms. The van der Waals surface area contributed by atoms with Gasteiger partial charge in [-0.3, -0.25) is 14.6 Å². The number of hydrogen-bond donors (Lipinski definition) is 1. The lowest BCUT2D eigenvalue weighted by Crippen LogP contribution is -2.30. The summed E-state index contributed by atoms with van der Waals surface area (Å²) < 4.78 is 5.31. The minimum atomic E-state index is -1.00. The second-order valence-electron chi connectivity index (χ2n) is 6.87. The van der Waals surface area contributed by atoms with Crippen LogP contribution in [0.15, 0.2) is 66.7 Å². The molecule has 6 heteroatoms. The molecule has 1 N–H and O–H groups in total. The van der Waals surface area contributed by atoms with E-state index in [0.29, 0.717) is 22.5 Å². The Bertz CT molecular complexity index is 1080. The number of rotatable bonds is 6. The van der Waals surface area contributed by atoms with Crippen LogP contribution in [0.5, 0.6) is 0 Å². The normalized spacial score (nSPS) is 11.4. The number of aromatic nitrogens is 1. The lowest BCUT2D eigenvalue weighted by atomic mass is 10.1. The summed E-state index contributed by atoms with van der Waals surface area (Å²) in [6.07, 6.45) is -1.00. The summed E-state index contributed by atoms with van der Waals surface area (Å²) >= 11 is 0. The zero-order chi connectivity index (χ0) is 21.7. The minimum Gasteiger partial charge on any atom is -0.449 e. The maximum atomic E-state index is 12.5. The van der Waals surface area contributed by atoms with Gasteiger partial charge in [0.05, 0.1) is 17.0 Å². The van der Waals surface area contributed by atoms with E-state index in [2.05, 4.69) is 10.3 Å². The van der Waals surface area contributed by atoms with Crippen molar-refractivity contribution in [2.75, 3.05) is 5.32 Å². The van der Waals surface area contributed by atoms with E-state index in [1.165, 1.54) is 13.8 Å². The van der Waals surface area contributed by atoms with Crippen LogP contribution in [-0.4, -0.2) is 28.7 Å². The highest BCUT2D eigenvalue weighted by molar-refractivity contribution is 5.98. The van der Waals surface area contributed by atoms with Crippen molar-refractivity contribution in [2.24, 2.45) is 0 Å². The molecule has 0 aliphatic rings. The van der Waals surface area contributed by atoms with Gasteiger partial charge in [-0.05, 0) is 57.2 Å². The number of amides is 1. The quantitative estimate of drug-likeness (QED) is 0.487. The third-order valence-corrected chi connectivity index (χ3v) is 4.59. The number of nitrogens with one attached hydrogen (secondary N) is 1. The highest BCUT2D eigenvalue weighted by Gasteiger charge is 2.21. The highest BCUT2D eigenvalue weighted by atomic mass is 16.5. The number of nitrogens with zero attached hydrogens (tertiary/aromatic N) is 1. The number of anilines is 1. The van der Waals surface area contributed by atoms with Gasteiger partial charge in [0.1, 0.15) is 0 Å². The predicted octanol–water partition coefficient (Wildman–Crippen LogP) is 4.44. The van der Waals surface area contributed by atoms with Crippen LogP contribution in [0.2, 0.25) is 0 Å². The summed E-state index contributed by atoms with van der Waals surface area (Å²) in [5, 5.41) is 2.67. The topological polar surface area (TPSA) is 85.4 Å². The van der Waals surface area contributed by atoms with Crippen LogP contribution in [0, 0.1) is 6.92 Å². The number of ether oxygens (including phenoxy) is 1. The van der Waals surface area contributed by atoms with Gasteiger partial charge in [-0.2, -0.15) is 0 Å². The minimum absolute atomic E-state index is 0.0579. The molecule has 0 saturated heterocycles. The molecule has 2 aromatic carbocycles. The second-order valence-corrected chi connectivity index (χ2v) is 6.87. The summed E-state index contributed by atoms with van der Waals surface area (Å²) in [6.45, 7) is 4.70. The van der Waals surface area contributed by atoms with Crippen LogP contribution in [0.1, 0.15) is 40.3 Å². The Balaban J connectivity index is 1.64. The van der Waals surface area contributed by atoms with Crippen LogP contribution >= 0.6 is 0 Å². The predicted molar refractivity (Wildman–Crippen MR) is 114 cm³/mol. The van der Waals surface area contributed by atoms with E-state index >= 15 is 0 Å². The molecule has 6 nitrogen and oxygen atoms in total. The van der Waals surface area contributed by atoms with E-state index < -0.39 is 18.0 Å². The standard InChI is InChI=1S/C24H22N2O4/c1-15-21(13-14-22(25-15)19-7-5-4-6-8-19)24(29)30-17(3)23(28)26-20-11-9-18(10-12-20)16(2)27/h4-14,17H,1-3H3,(H,26,28). The largest absolute Gasteiger partial charge is 0.449 e. The van der Waals surface area contributed by atoms with E-state index in [9.17, 15) is 14.4 Å². The number of hydrogen-bond acceptors (Lipinski definition) is 5. The molecule has 1 unspecified atom stereocenters. The van der Waals surface area contributed by atoms with Gasteiger partial charge < -0.3 is 10.1 Å². The summed E-state index contributed by atoms with van der Waals surface area (Å²) in [7, 11) is 0. The van der Waals surface area contributed by atoms with Crippen LogP contribution in [0.25, 0.3) is 11.3 Å². The monoisotopic (exact) mass is 402 g/mol. The number of aryl methyl sites for hydroxylation is 1. The molecular formula is C24H22N2O4. The van der Waals surface area contributed by atoms with Gasteiger partial charge >= 0.3 is 5.97 Å². The maximum absolute atomic E-state index is 12.5. The number of ketones is 1. The Morgan fingerprint density at radius 1 is 0.933 bits per heavy atom. The van der Waals surface area contributed by atoms with Gasteiger partial charge in [0.15, 0.2) is 11.9 Å². The third kappa shape index (κ3) is 4.97. The van der Waals surface area contributed by atoms with E-state index in [1.807, 2.05) is 30.3 Å². The van der Waals surface area contributed by atoms with Crippen molar-refractivity contribution in [3.63, 3.8) is 0 Å². The average Bonchev–Trinajstić information content (AvgIpc) is 2.74. The molecule has 3 rings (SSSR count). The molecule has 0 radical (unpaired) electrons. The number of benzene rings is 2. The number of pyridine rings is 1. The SMILES string of the molecule is CC(=O)c1ccc(NC(=O)C(C)OC(=O)c2ccc(-c3ccccc3)nc2C)cc1. The number of esters is 1. The van der Waals surface area contributed by atoms with Crippen molar-refractivity contribution in [3.05, 3.63) is 83.6 Å². The molecule has 3 aromatic rings. The Labute approximate surface area is 174 Å². The summed E-state index contributed by atoms with van der Waals surface area (Å²) in [5.41, 5.74) is 3.59. The van der Waals surface area contributed by atoms with E-state index in [1.54, 1.807) is 43.3 Å². The Kier molecular flexibility index (Phi) is 6.37. The number of carbonyl (C=O) groups is 3. The number of Topliss-reactive ketones (excluding diaryl/α,β-unsaturated/α-hetero) is 1. The molecular weight excluding hydrogens is 380 g/mol. The average molecular weight is 402 g/mol. The first kappa shape index (κ1) is 20.9. The van der Waals surface area contributed by atoms with Crippen molar-refractivity contribution in [3.8, 4) is 11.3 Å². The first-order valence-corrected chi connectivity index (χ1v) is 9.51. The van der Waals surface area contributed by atoms with Crippen LogP contribution in [0.3, 0.4) is 0 Å². The molecule has 1 amide bonds. The van der Waals surface area contributed by atoms with Crippen LogP contribution in [0.4, 0.5) is 5.69 Å². The fraction of sp³-hybridized carbons (Fsp3) is 0.167. The molecule has 30 heavy (non-hydrogen) atoms. The summed E-state index contributed by atoms with van der Waals surface area (Å²) in [6, 6.07) is 19.5. The van der Waals surface area contributed by atoms with Crippen molar-refractivity contribution in [1.29, 1.82) is 0 Å². The molecule has 0 aliphatic heterocycles. The third-order valence-electron chi connectivity index (χ3n) is 4.59. The van der Waals surface area contributed by atoms with E-state index in [0.717, 1.165) is 11.3 Å². The first-order chi connectivity index (χ1) is 14.3. The van der Waals surface area contributed by atoms with Crippen molar-refractivity contribution < 1.29 is 19.1 Å². The fourth-order valence-corrected chi connectivity index (χ4v) is 2.86. The van der Waals surface area contributed by atoms with E-state index in [-0.39, 0.29) is 5.78 Å².